The molecule has 1 heterocycles. The standard InChI is InChI=1S/C13H13NO3/c15-11-10-6-13(10,7-14-11)8-17-12(16)9-4-2-1-3-5-9/h1-5,10H,6-8H2,(H,14,15)/t10-,13-/m0/s1. The molecule has 4 heteroatoms. The van der Waals surface area contributed by atoms with E-state index in [-0.39, 0.29) is 23.2 Å². The fraction of sp³-hybridized carbons (Fsp3) is 0.385. The Morgan fingerprint density at radius 2 is 2.18 bits per heavy atom. The van der Waals surface area contributed by atoms with Gasteiger partial charge in [-0.05, 0) is 18.6 Å². The molecule has 88 valence electrons. The molecule has 0 bridgehead atoms. The number of ether oxygens (including phenoxy) is 1. The minimum Gasteiger partial charge on any atom is -0.461 e. The van der Waals surface area contributed by atoms with Gasteiger partial charge in [-0.25, -0.2) is 4.79 Å². The molecule has 2 atom stereocenters. The maximum absolute atomic E-state index is 11.7. The summed E-state index contributed by atoms with van der Waals surface area (Å²) < 4.78 is 5.27. The molecule has 1 amide bonds. The van der Waals surface area contributed by atoms with Gasteiger partial charge in [-0.2, -0.15) is 0 Å². The Hall–Kier alpha value is -1.84. The van der Waals surface area contributed by atoms with E-state index in [4.69, 9.17) is 4.74 Å². The van der Waals surface area contributed by atoms with Crippen LogP contribution >= 0.6 is 0 Å². The van der Waals surface area contributed by atoms with Crippen LogP contribution in [0.4, 0.5) is 0 Å². The van der Waals surface area contributed by atoms with Gasteiger partial charge in [0.1, 0.15) is 0 Å². The SMILES string of the molecule is O=C(OC[C@]12CNC(=O)[C@@H]1C2)c1ccccc1. The predicted octanol–water partition coefficient (Wildman–Crippen LogP) is 0.979. The van der Waals surface area contributed by atoms with Crippen LogP contribution in [0.2, 0.25) is 0 Å². The number of nitrogens with one attached hydrogen (secondary N) is 1. The van der Waals surface area contributed by atoms with Crippen molar-refractivity contribution < 1.29 is 14.3 Å². The highest BCUT2D eigenvalue weighted by Crippen LogP contribution is 2.55. The second-order valence-electron chi connectivity index (χ2n) is 4.78. The van der Waals surface area contributed by atoms with E-state index in [2.05, 4.69) is 5.32 Å². The molecule has 1 aromatic rings. The average Bonchev–Trinajstić information content (AvgIpc) is 3.02. The van der Waals surface area contributed by atoms with E-state index >= 15 is 0 Å². The summed E-state index contributed by atoms with van der Waals surface area (Å²) in [5.74, 6) is -0.156. The fourth-order valence-corrected chi connectivity index (χ4v) is 2.38. The molecule has 1 aliphatic heterocycles. The third-order valence-corrected chi connectivity index (χ3v) is 3.62. The van der Waals surface area contributed by atoms with Gasteiger partial charge in [0, 0.05) is 17.9 Å². The van der Waals surface area contributed by atoms with E-state index < -0.39 is 0 Å². The lowest BCUT2D eigenvalue weighted by Gasteiger charge is -2.11. The van der Waals surface area contributed by atoms with Crippen LogP contribution < -0.4 is 5.32 Å². The molecule has 0 aromatic heterocycles. The lowest BCUT2D eigenvalue weighted by molar-refractivity contribution is -0.120. The quantitative estimate of drug-likeness (QED) is 0.789. The molecule has 1 aliphatic carbocycles. The third-order valence-electron chi connectivity index (χ3n) is 3.62. The van der Waals surface area contributed by atoms with Crippen LogP contribution in [0, 0.1) is 11.3 Å². The van der Waals surface area contributed by atoms with Gasteiger partial charge in [0.25, 0.3) is 0 Å². The molecular weight excluding hydrogens is 218 g/mol. The van der Waals surface area contributed by atoms with Crippen molar-refractivity contribution in [1.82, 2.24) is 5.32 Å². The van der Waals surface area contributed by atoms with E-state index in [0.29, 0.717) is 18.7 Å². The Labute approximate surface area is 99.0 Å². The van der Waals surface area contributed by atoms with E-state index in [1.165, 1.54) is 0 Å². The van der Waals surface area contributed by atoms with Gasteiger partial charge in [0.05, 0.1) is 12.2 Å². The van der Waals surface area contributed by atoms with Gasteiger partial charge >= 0.3 is 5.97 Å². The summed E-state index contributed by atoms with van der Waals surface area (Å²) in [7, 11) is 0. The van der Waals surface area contributed by atoms with Gasteiger partial charge < -0.3 is 10.1 Å². The van der Waals surface area contributed by atoms with Crippen molar-refractivity contribution in [2.24, 2.45) is 11.3 Å². The summed E-state index contributed by atoms with van der Waals surface area (Å²) in [6.45, 7) is 0.975. The molecule has 1 saturated heterocycles. The molecule has 0 spiro atoms. The molecule has 17 heavy (non-hydrogen) atoms. The number of carbonyl (C=O) groups excluding carboxylic acids is 2. The number of piperidine rings is 1. The maximum Gasteiger partial charge on any atom is 0.338 e. The second-order valence-corrected chi connectivity index (χ2v) is 4.78. The summed E-state index contributed by atoms with van der Waals surface area (Å²) in [4.78, 5) is 23.0. The topological polar surface area (TPSA) is 55.4 Å². The molecular formula is C13H13NO3. The minimum atomic E-state index is -0.315. The van der Waals surface area contributed by atoms with Gasteiger partial charge in [-0.1, -0.05) is 18.2 Å². The molecule has 4 nitrogen and oxygen atoms in total. The van der Waals surface area contributed by atoms with Crippen molar-refractivity contribution in [2.75, 3.05) is 13.2 Å². The van der Waals surface area contributed by atoms with Crippen LogP contribution in [-0.2, 0) is 9.53 Å². The highest BCUT2D eigenvalue weighted by molar-refractivity contribution is 5.89. The van der Waals surface area contributed by atoms with Crippen molar-refractivity contribution in [1.29, 1.82) is 0 Å². The smallest absolute Gasteiger partial charge is 0.338 e. The zero-order valence-electron chi connectivity index (χ0n) is 9.31. The first-order valence-corrected chi connectivity index (χ1v) is 5.71. The Kier molecular flexibility index (Phi) is 2.18. The Bertz CT molecular complexity index is 471. The minimum absolute atomic E-state index is 0.0612. The summed E-state index contributed by atoms with van der Waals surface area (Å²) >= 11 is 0. The number of amides is 1. The van der Waals surface area contributed by atoms with Gasteiger partial charge in [-0.3, -0.25) is 4.79 Å². The van der Waals surface area contributed by atoms with Crippen molar-refractivity contribution in [3.8, 4) is 0 Å². The Balaban J connectivity index is 1.60. The predicted molar refractivity (Wildman–Crippen MR) is 60.3 cm³/mol. The van der Waals surface area contributed by atoms with Crippen molar-refractivity contribution >= 4 is 11.9 Å². The van der Waals surface area contributed by atoms with Gasteiger partial charge in [-0.15, -0.1) is 0 Å². The van der Waals surface area contributed by atoms with Crippen LogP contribution in [0.15, 0.2) is 30.3 Å². The molecule has 0 unspecified atom stereocenters. The van der Waals surface area contributed by atoms with Crippen LogP contribution in [0.5, 0.6) is 0 Å². The number of hydrogen-bond acceptors (Lipinski definition) is 3. The highest BCUT2D eigenvalue weighted by atomic mass is 16.5. The largest absolute Gasteiger partial charge is 0.461 e. The normalized spacial score (nSPS) is 29.4. The molecule has 0 radical (unpaired) electrons. The summed E-state index contributed by atoms with van der Waals surface area (Å²) in [6.07, 6.45) is 0.848. The number of rotatable bonds is 3. The van der Waals surface area contributed by atoms with Gasteiger partial charge in [0.2, 0.25) is 5.91 Å². The van der Waals surface area contributed by atoms with E-state index in [0.717, 1.165) is 6.42 Å². The van der Waals surface area contributed by atoms with Crippen molar-refractivity contribution in [3.05, 3.63) is 35.9 Å². The number of carbonyl (C=O) groups is 2. The van der Waals surface area contributed by atoms with Crippen molar-refractivity contribution in [3.63, 3.8) is 0 Å². The zero-order valence-corrected chi connectivity index (χ0v) is 9.31. The molecule has 1 saturated carbocycles. The van der Waals surface area contributed by atoms with Crippen molar-refractivity contribution in [2.45, 2.75) is 6.42 Å². The number of fused-ring (bicyclic) bond motifs is 1. The number of benzene rings is 1. The molecule has 1 aromatic carbocycles. The molecule has 2 aliphatic rings. The summed E-state index contributed by atoms with van der Waals surface area (Å²) in [5.41, 5.74) is 0.444. The summed E-state index contributed by atoms with van der Waals surface area (Å²) in [6, 6.07) is 8.90. The average molecular weight is 231 g/mol. The Morgan fingerprint density at radius 3 is 2.76 bits per heavy atom. The second kappa shape index (κ2) is 3.58. The zero-order chi connectivity index (χ0) is 11.9. The molecule has 3 rings (SSSR count). The van der Waals surface area contributed by atoms with Crippen LogP contribution in [0.1, 0.15) is 16.8 Å². The third kappa shape index (κ3) is 1.69. The lowest BCUT2D eigenvalue weighted by atomic mass is 10.1. The molecule has 1 N–H and O–H groups in total. The maximum atomic E-state index is 11.7. The first-order chi connectivity index (χ1) is 8.21. The Morgan fingerprint density at radius 1 is 1.41 bits per heavy atom. The van der Waals surface area contributed by atoms with E-state index in [9.17, 15) is 9.59 Å². The van der Waals surface area contributed by atoms with Crippen LogP contribution in [-0.4, -0.2) is 25.0 Å². The molecule has 2 fully saturated rings. The monoisotopic (exact) mass is 231 g/mol. The number of hydrogen-bond donors (Lipinski definition) is 1. The highest BCUT2D eigenvalue weighted by Gasteiger charge is 2.63. The van der Waals surface area contributed by atoms with Gasteiger partial charge in [0.15, 0.2) is 0 Å². The first-order valence-electron chi connectivity index (χ1n) is 5.71. The van der Waals surface area contributed by atoms with Crippen LogP contribution in [0.25, 0.3) is 0 Å². The summed E-state index contributed by atoms with van der Waals surface area (Å²) in [5, 5.41) is 2.79. The number of esters is 1. The lowest BCUT2D eigenvalue weighted by Crippen LogP contribution is -2.24. The fourth-order valence-electron chi connectivity index (χ4n) is 2.38. The first kappa shape index (κ1) is 10.3. The van der Waals surface area contributed by atoms with Crippen LogP contribution in [0.3, 0.4) is 0 Å². The van der Waals surface area contributed by atoms with E-state index in [1.807, 2.05) is 6.07 Å². The van der Waals surface area contributed by atoms with E-state index in [1.54, 1.807) is 24.3 Å².